The van der Waals surface area contributed by atoms with E-state index in [9.17, 15) is 5.11 Å². The molecule has 112 valence electrons. The zero-order chi connectivity index (χ0) is 14.8. The first-order valence-electron chi connectivity index (χ1n) is 7.35. The molecule has 0 radical (unpaired) electrons. The van der Waals surface area contributed by atoms with Gasteiger partial charge in [-0.15, -0.1) is 11.3 Å². The maximum Gasteiger partial charge on any atom is 0.0929 e. The number of thiazole rings is 1. The normalized spacial score (nSPS) is 17.6. The summed E-state index contributed by atoms with van der Waals surface area (Å²) in [5, 5.41) is 14.7. The molecule has 0 amide bonds. The molecular weight excluding hydrogens is 304 g/mol. The molecule has 1 aliphatic carbocycles. The van der Waals surface area contributed by atoms with E-state index in [1.54, 1.807) is 0 Å². The van der Waals surface area contributed by atoms with Crippen LogP contribution >= 0.6 is 22.9 Å². The SMILES string of the molecule is CCc1nc2c(s1)C(Nc1cc(CO)ccc1Cl)CCC2. The summed E-state index contributed by atoms with van der Waals surface area (Å²) in [5.41, 5.74) is 3.01. The molecule has 21 heavy (non-hydrogen) atoms. The van der Waals surface area contributed by atoms with E-state index in [1.807, 2.05) is 29.5 Å². The molecule has 5 heteroatoms. The minimum Gasteiger partial charge on any atom is -0.392 e. The number of nitrogens with zero attached hydrogens (tertiary/aromatic N) is 1. The summed E-state index contributed by atoms with van der Waals surface area (Å²) in [5.74, 6) is 0. The van der Waals surface area contributed by atoms with Crippen molar-refractivity contribution in [3.63, 3.8) is 0 Å². The van der Waals surface area contributed by atoms with E-state index in [0.717, 1.165) is 36.9 Å². The fraction of sp³-hybridized carbons (Fsp3) is 0.438. The largest absolute Gasteiger partial charge is 0.392 e. The Morgan fingerprint density at radius 3 is 3.10 bits per heavy atom. The van der Waals surface area contributed by atoms with Gasteiger partial charge in [-0.3, -0.25) is 0 Å². The van der Waals surface area contributed by atoms with E-state index in [1.165, 1.54) is 15.6 Å². The van der Waals surface area contributed by atoms with Gasteiger partial charge in [0, 0.05) is 0 Å². The van der Waals surface area contributed by atoms with Gasteiger partial charge >= 0.3 is 0 Å². The summed E-state index contributed by atoms with van der Waals surface area (Å²) in [4.78, 5) is 6.07. The highest BCUT2D eigenvalue weighted by Crippen LogP contribution is 2.38. The predicted molar refractivity (Wildman–Crippen MR) is 88.2 cm³/mol. The van der Waals surface area contributed by atoms with Crippen LogP contribution in [0, 0.1) is 0 Å². The fourth-order valence-electron chi connectivity index (χ4n) is 2.73. The van der Waals surface area contributed by atoms with Gasteiger partial charge in [-0.1, -0.05) is 24.6 Å². The fourth-order valence-corrected chi connectivity index (χ4v) is 4.04. The van der Waals surface area contributed by atoms with Gasteiger partial charge in [0.15, 0.2) is 0 Å². The minimum atomic E-state index is 0.0301. The molecule has 1 unspecified atom stereocenters. The lowest BCUT2D eigenvalue weighted by atomic mass is 9.97. The number of aromatic nitrogens is 1. The van der Waals surface area contributed by atoms with Crippen LogP contribution in [0.3, 0.4) is 0 Å². The van der Waals surface area contributed by atoms with Crippen LogP contribution in [0.4, 0.5) is 5.69 Å². The molecule has 0 saturated carbocycles. The second-order valence-electron chi connectivity index (χ2n) is 5.33. The monoisotopic (exact) mass is 322 g/mol. The smallest absolute Gasteiger partial charge is 0.0929 e. The van der Waals surface area contributed by atoms with Gasteiger partial charge < -0.3 is 10.4 Å². The van der Waals surface area contributed by atoms with Crippen molar-refractivity contribution >= 4 is 28.6 Å². The van der Waals surface area contributed by atoms with Crippen LogP contribution in [0.15, 0.2) is 18.2 Å². The van der Waals surface area contributed by atoms with E-state index >= 15 is 0 Å². The standard InChI is InChI=1S/C16H19ClN2OS/c1-2-15-19-13-5-3-4-12(16(13)21-15)18-14-8-10(9-20)6-7-11(14)17/h6-8,12,18,20H,2-5,9H2,1H3. The van der Waals surface area contributed by atoms with Crippen molar-refractivity contribution in [1.82, 2.24) is 4.98 Å². The third-order valence-electron chi connectivity index (χ3n) is 3.84. The summed E-state index contributed by atoms with van der Waals surface area (Å²) < 4.78 is 0. The number of aryl methyl sites for hydroxylation is 2. The van der Waals surface area contributed by atoms with Crippen LogP contribution < -0.4 is 5.32 Å². The zero-order valence-electron chi connectivity index (χ0n) is 12.0. The first kappa shape index (κ1) is 14.8. The van der Waals surface area contributed by atoms with Gasteiger partial charge in [-0.05, 0) is 43.4 Å². The lowest BCUT2D eigenvalue weighted by molar-refractivity contribution is 0.282. The van der Waals surface area contributed by atoms with Crippen molar-refractivity contribution in [2.45, 2.75) is 45.3 Å². The number of hydrogen-bond acceptors (Lipinski definition) is 4. The Morgan fingerprint density at radius 2 is 2.33 bits per heavy atom. The second-order valence-corrected chi connectivity index (χ2v) is 6.86. The first-order chi connectivity index (χ1) is 10.2. The minimum absolute atomic E-state index is 0.0301. The average Bonchev–Trinajstić information content (AvgIpc) is 2.93. The second kappa shape index (κ2) is 6.34. The summed E-state index contributed by atoms with van der Waals surface area (Å²) in [6, 6.07) is 5.89. The van der Waals surface area contributed by atoms with Crippen LogP contribution in [0.2, 0.25) is 5.02 Å². The maximum atomic E-state index is 9.27. The van der Waals surface area contributed by atoms with Crippen molar-refractivity contribution in [1.29, 1.82) is 0 Å². The third kappa shape index (κ3) is 3.07. The van der Waals surface area contributed by atoms with Crippen LogP contribution in [0.25, 0.3) is 0 Å². The highest BCUT2D eigenvalue weighted by Gasteiger charge is 2.24. The lowest BCUT2D eigenvalue weighted by Gasteiger charge is -2.24. The zero-order valence-corrected chi connectivity index (χ0v) is 13.6. The number of anilines is 1. The molecule has 0 bridgehead atoms. The van der Waals surface area contributed by atoms with Gasteiger partial charge in [0.05, 0.1) is 38.9 Å². The first-order valence-corrected chi connectivity index (χ1v) is 8.55. The molecule has 1 aromatic carbocycles. The Kier molecular flexibility index (Phi) is 4.48. The Balaban J connectivity index is 1.88. The number of fused-ring (bicyclic) bond motifs is 1. The molecule has 3 nitrogen and oxygen atoms in total. The maximum absolute atomic E-state index is 9.27. The number of aliphatic hydroxyl groups excluding tert-OH is 1. The molecular formula is C16H19ClN2OS. The summed E-state index contributed by atoms with van der Waals surface area (Å²) in [6.45, 7) is 2.18. The summed E-state index contributed by atoms with van der Waals surface area (Å²) >= 11 is 8.09. The number of nitrogens with one attached hydrogen (secondary N) is 1. The van der Waals surface area contributed by atoms with Crippen LogP contribution in [0.1, 0.15) is 46.9 Å². The quantitative estimate of drug-likeness (QED) is 0.880. The van der Waals surface area contributed by atoms with Crippen molar-refractivity contribution < 1.29 is 5.11 Å². The molecule has 1 heterocycles. The van der Waals surface area contributed by atoms with Crippen molar-refractivity contribution in [2.75, 3.05) is 5.32 Å². The van der Waals surface area contributed by atoms with E-state index in [-0.39, 0.29) is 12.6 Å². The third-order valence-corrected chi connectivity index (χ3v) is 5.53. The van der Waals surface area contributed by atoms with Crippen molar-refractivity contribution in [3.8, 4) is 0 Å². The molecule has 0 saturated heterocycles. The molecule has 1 atom stereocenters. The summed E-state index contributed by atoms with van der Waals surface area (Å²) in [6.07, 6.45) is 4.31. The Labute approximate surface area is 134 Å². The van der Waals surface area contributed by atoms with E-state index < -0.39 is 0 Å². The van der Waals surface area contributed by atoms with Crippen LogP contribution in [-0.2, 0) is 19.4 Å². The van der Waals surface area contributed by atoms with E-state index in [4.69, 9.17) is 16.6 Å². The average molecular weight is 323 g/mol. The lowest BCUT2D eigenvalue weighted by Crippen LogP contribution is -2.16. The van der Waals surface area contributed by atoms with Crippen molar-refractivity contribution in [3.05, 3.63) is 44.4 Å². The van der Waals surface area contributed by atoms with E-state index in [0.29, 0.717) is 5.02 Å². The topological polar surface area (TPSA) is 45.2 Å². The number of hydrogen-bond donors (Lipinski definition) is 2. The van der Waals surface area contributed by atoms with Crippen LogP contribution in [0.5, 0.6) is 0 Å². The number of aliphatic hydroxyl groups is 1. The molecule has 1 aliphatic rings. The Hall–Kier alpha value is -1.10. The van der Waals surface area contributed by atoms with E-state index in [2.05, 4.69) is 12.2 Å². The van der Waals surface area contributed by atoms with Gasteiger partial charge in [0.1, 0.15) is 0 Å². The molecule has 0 fully saturated rings. The molecule has 2 aromatic rings. The Morgan fingerprint density at radius 1 is 1.48 bits per heavy atom. The predicted octanol–water partition coefficient (Wildman–Crippen LogP) is 4.34. The van der Waals surface area contributed by atoms with Gasteiger partial charge in [0.2, 0.25) is 0 Å². The Bertz CT molecular complexity index is 641. The van der Waals surface area contributed by atoms with Gasteiger partial charge in [0.25, 0.3) is 0 Å². The molecule has 3 rings (SSSR count). The number of rotatable bonds is 4. The molecule has 1 aromatic heterocycles. The van der Waals surface area contributed by atoms with Crippen molar-refractivity contribution in [2.24, 2.45) is 0 Å². The van der Waals surface area contributed by atoms with Crippen LogP contribution in [-0.4, -0.2) is 10.1 Å². The van der Waals surface area contributed by atoms with Gasteiger partial charge in [-0.25, -0.2) is 4.98 Å². The number of benzene rings is 1. The molecule has 0 spiro atoms. The number of halogens is 1. The molecule has 0 aliphatic heterocycles. The highest BCUT2D eigenvalue weighted by atomic mass is 35.5. The van der Waals surface area contributed by atoms with Gasteiger partial charge in [-0.2, -0.15) is 0 Å². The highest BCUT2D eigenvalue weighted by molar-refractivity contribution is 7.11. The summed E-state index contributed by atoms with van der Waals surface area (Å²) in [7, 11) is 0. The molecule has 2 N–H and O–H groups in total.